The van der Waals surface area contributed by atoms with Crippen LogP contribution in [0.1, 0.15) is 44.2 Å². The SMILES string of the molecule is CC(NCC1CCCC1)c1ccc(O)cc1O. The van der Waals surface area contributed by atoms with Crippen molar-refractivity contribution >= 4 is 0 Å². The molecule has 17 heavy (non-hydrogen) atoms. The summed E-state index contributed by atoms with van der Waals surface area (Å²) >= 11 is 0. The number of phenols is 2. The lowest BCUT2D eigenvalue weighted by atomic mass is 10.0. The molecule has 1 aromatic rings. The van der Waals surface area contributed by atoms with E-state index in [9.17, 15) is 10.2 Å². The topological polar surface area (TPSA) is 52.5 Å². The first-order chi connectivity index (χ1) is 8.16. The van der Waals surface area contributed by atoms with Gasteiger partial charge in [0.2, 0.25) is 0 Å². The molecule has 0 radical (unpaired) electrons. The molecule has 3 heteroatoms. The molecule has 1 fully saturated rings. The lowest BCUT2D eigenvalue weighted by molar-refractivity contribution is 0.420. The van der Waals surface area contributed by atoms with Gasteiger partial charge in [0.25, 0.3) is 0 Å². The number of nitrogens with one attached hydrogen (secondary N) is 1. The summed E-state index contributed by atoms with van der Waals surface area (Å²) in [6.45, 7) is 3.06. The fourth-order valence-corrected chi connectivity index (χ4v) is 2.57. The van der Waals surface area contributed by atoms with Gasteiger partial charge in [0.15, 0.2) is 0 Å². The standard InChI is InChI=1S/C14H21NO2/c1-10(15-9-11-4-2-3-5-11)13-7-6-12(16)8-14(13)17/h6-8,10-11,15-17H,2-5,9H2,1H3. The number of benzene rings is 1. The molecule has 0 aliphatic heterocycles. The maximum Gasteiger partial charge on any atom is 0.124 e. The highest BCUT2D eigenvalue weighted by Crippen LogP contribution is 2.29. The van der Waals surface area contributed by atoms with Gasteiger partial charge in [0, 0.05) is 17.7 Å². The fourth-order valence-electron chi connectivity index (χ4n) is 2.57. The summed E-state index contributed by atoms with van der Waals surface area (Å²) in [7, 11) is 0. The van der Waals surface area contributed by atoms with Crippen molar-refractivity contribution in [3.05, 3.63) is 23.8 Å². The molecule has 1 saturated carbocycles. The van der Waals surface area contributed by atoms with Gasteiger partial charge in [0.05, 0.1) is 0 Å². The number of hydrogen-bond donors (Lipinski definition) is 3. The normalized spacial score (nSPS) is 18.4. The van der Waals surface area contributed by atoms with Crippen molar-refractivity contribution < 1.29 is 10.2 Å². The first-order valence-electron chi connectivity index (χ1n) is 6.42. The second-order valence-corrected chi connectivity index (χ2v) is 5.02. The Morgan fingerprint density at radius 1 is 1.29 bits per heavy atom. The van der Waals surface area contributed by atoms with E-state index < -0.39 is 0 Å². The Morgan fingerprint density at radius 3 is 2.65 bits per heavy atom. The van der Waals surface area contributed by atoms with Crippen molar-refractivity contribution in [2.45, 2.75) is 38.6 Å². The van der Waals surface area contributed by atoms with Gasteiger partial charge in [-0.05, 0) is 38.3 Å². The molecule has 1 aliphatic rings. The molecular weight excluding hydrogens is 214 g/mol. The van der Waals surface area contributed by atoms with E-state index in [-0.39, 0.29) is 17.5 Å². The molecule has 0 saturated heterocycles. The summed E-state index contributed by atoms with van der Waals surface area (Å²) in [6.07, 6.45) is 5.35. The highest BCUT2D eigenvalue weighted by molar-refractivity contribution is 5.40. The highest BCUT2D eigenvalue weighted by atomic mass is 16.3. The molecule has 3 nitrogen and oxygen atoms in total. The van der Waals surface area contributed by atoms with Crippen LogP contribution in [0.25, 0.3) is 0 Å². The van der Waals surface area contributed by atoms with Crippen LogP contribution in [0.3, 0.4) is 0 Å². The Labute approximate surface area is 102 Å². The van der Waals surface area contributed by atoms with E-state index in [0.717, 1.165) is 18.0 Å². The first kappa shape index (κ1) is 12.2. The molecule has 0 bridgehead atoms. The van der Waals surface area contributed by atoms with Crippen LogP contribution >= 0.6 is 0 Å². The maximum atomic E-state index is 9.75. The van der Waals surface area contributed by atoms with E-state index in [1.165, 1.54) is 31.7 Å². The average Bonchev–Trinajstić information content (AvgIpc) is 2.78. The first-order valence-corrected chi connectivity index (χ1v) is 6.42. The minimum atomic E-state index is 0.106. The van der Waals surface area contributed by atoms with E-state index >= 15 is 0 Å². The summed E-state index contributed by atoms with van der Waals surface area (Å²) in [6, 6.07) is 4.90. The van der Waals surface area contributed by atoms with E-state index in [1.54, 1.807) is 12.1 Å². The minimum Gasteiger partial charge on any atom is -0.508 e. The fraction of sp³-hybridized carbons (Fsp3) is 0.571. The third kappa shape index (κ3) is 3.13. The Hall–Kier alpha value is -1.22. The lowest BCUT2D eigenvalue weighted by Gasteiger charge is -2.18. The van der Waals surface area contributed by atoms with Gasteiger partial charge >= 0.3 is 0 Å². The van der Waals surface area contributed by atoms with E-state index in [2.05, 4.69) is 5.32 Å². The third-order valence-electron chi connectivity index (χ3n) is 3.67. The molecule has 0 amide bonds. The van der Waals surface area contributed by atoms with Gasteiger partial charge in [-0.1, -0.05) is 18.9 Å². The van der Waals surface area contributed by atoms with Crippen molar-refractivity contribution in [3.8, 4) is 11.5 Å². The van der Waals surface area contributed by atoms with Crippen LogP contribution in [0.2, 0.25) is 0 Å². The minimum absolute atomic E-state index is 0.106. The van der Waals surface area contributed by atoms with Crippen LogP contribution in [-0.2, 0) is 0 Å². The quantitative estimate of drug-likeness (QED) is 0.752. The van der Waals surface area contributed by atoms with Crippen LogP contribution < -0.4 is 5.32 Å². The molecule has 1 aromatic carbocycles. The zero-order valence-electron chi connectivity index (χ0n) is 10.3. The Kier molecular flexibility index (Phi) is 3.89. The zero-order valence-corrected chi connectivity index (χ0v) is 10.3. The second-order valence-electron chi connectivity index (χ2n) is 5.02. The molecule has 1 atom stereocenters. The van der Waals surface area contributed by atoms with E-state index in [1.807, 2.05) is 6.92 Å². The molecular formula is C14H21NO2. The maximum absolute atomic E-state index is 9.75. The largest absolute Gasteiger partial charge is 0.508 e. The van der Waals surface area contributed by atoms with Crippen molar-refractivity contribution in [2.24, 2.45) is 5.92 Å². The van der Waals surface area contributed by atoms with Crippen LogP contribution in [0.15, 0.2) is 18.2 Å². The van der Waals surface area contributed by atoms with E-state index in [0.29, 0.717) is 0 Å². The second kappa shape index (κ2) is 5.41. The summed E-state index contributed by atoms with van der Waals surface area (Å²) in [5.74, 6) is 1.06. The van der Waals surface area contributed by atoms with Gasteiger partial charge in [-0.2, -0.15) is 0 Å². The Morgan fingerprint density at radius 2 is 2.00 bits per heavy atom. The number of phenolic OH excluding ortho intramolecular Hbond substituents is 2. The molecule has 1 unspecified atom stereocenters. The third-order valence-corrected chi connectivity index (χ3v) is 3.67. The molecule has 94 valence electrons. The van der Waals surface area contributed by atoms with Crippen molar-refractivity contribution in [1.82, 2.24) is 5.32 Å². The lowest BCUT2D eigenvalue weighted by Crippen LogP contribution is -2.24. The molecule has 2 rings (SSSR count). The molecule has 0 heterocycles. The van der Waals surface area contributed by atoms with Gasteiger partial charge < -0.3 is 15.5 Å². The smallest absolute Gasteiger partial charge is 0.124 e. The highest BCUT2D eigenvalue weighted by Gasteiger charge is 2.17. The molecule has 3 N–H and O–H groups in total. The van der Waals surface area contributed by atoms with Gasteiger partial charge in [0.1, 0.15) is 11.5 Å². The molecule has 0 spiro atoms. The number of aromatic hydroxyl groups is 2. The van der Waals surface area contributed by atoms with Gasteiger partial charge in [-0.3, -0.25) is 0 Å². The van der Waals surface area contributed by atoms with Gasteiger partial charge in [-0.25, -0.2) is 0 Å². The van der Waals surface area contributed by atoms with E-state index in [4.69, 9.17) is 0 Å². The Bertz CT molecular complexity index is 372. The average molecular weight is 235 g/mol. The van der Waals surface area contributed by atoms with Crippen molar-refractivity contribution in [2.75, 3.05) is 6.54 Å². The van der Waals surface area contributed by atoms with Crippen LogP contribution in [0, 0.1) is 5.92 Å². The Balaban J connectivity index is 1.91. The summed E-state index contributed by atoms with van der Waals surface area (Å²) < 4.78 is 0. The van der Waals surface area contributed by atoms with Crippen LogP contribution in [-0.4, -0.2) is 16.8 Å². The molecule has 1 aliphatic carbocycles. The summed E-state index contributed by atoms with van der Waals surface area (Å²) in [5, 5.41) is 22.5. The predicted octanol–water partition coefficient (Wildman–Crippen LogP) is 2.94. The van der Waals surface area contributed by atoms with Crippen LogP contribution in [0.5, 0.6) is 11.5 Å². The predicted molar refractivity (Wildman–Crippen MR) is 68.1 cm³/mol. The van der Waals surface area contributed by atoms with Crippen molar-refractivity contribution in [3.63, 3.8) is 0 Å². The van der Waals surface area contributed by atoms with Crippen LogP contribution in [0.4, 0.5) is 0 Å². The van der Waals surface area contributed by atoms with Gasteiger partial charge in [-0.15, -0.1) is 0 Å². The summed E-state index contributed by atoms with van der Waals surface area (Å²) in [4.78, 5) is 0. The monoisotopic (exact) mass is 235 g/mol. The number of rotatable bonds is 4. The summed E-state index contributed by atoms with van der Waals surface area (Å²) in [5.41, 5.74) is 0.848. The molecule has 0 aromatic heterocycles. The van der Waals surface area contributed by atoms with Crippen molar-refractivity contribution in [1.29, 1.82) is 0 Å². The number of hydrogen-bond acceptors (Lipinski definition) is 3. The zero-order chi connectivity index (χ0) is 12.3.